The van der Waals surface area contributed by atoms with Gasteiger partial charge in [-0.3, -0.25) is 4.68 Å². The zero-order valence-electron chi connectivity index (χ0n) is 12.6. The summed E-state index contributed by atoms with van der Waals surface area (Å²) in [5, 5.41) is 20.7. The predicted octanol–water partition coefficient (Wildman–Crippen LogP) is 2.11. The van der Waals surface area contributed by atoms with Crippen molar-refractivity contribution < 1.29 is 5.11 Å². The van der Waals surface area contributed by atoms with Gasteiger partial charge in [0, 0.05) is 31.9 Å². The Morgan fingerprint density at radius 2 is 2.10 bits per heavy atom. The van der Waals surface area contributed by atoms with Crippen molar-refractivity contribution in [3.8, 4) is 0 Å². The van der Waals surface area contributed by atoms with Gasteiger partial charge in [0.05, 0.1) is 5.69 Å². The van der Waals surface area contributed by atoms with Crippen molar-refractivity contribution in [2.24, 2.45) is 5.92 Å². The summed E-state index contributed by atoms with van der Waals surface area (Å²) in [5.74, 6) is 0.807. The molecule has 2 rings (SSSR count). The highest BCUT2D eigenvalue weighted by Crippen LogP contribution is 2.25. The van der Waals surface area contributed by atoms with Crippen molar-refractivity contribution in [2.75, 3.05) is 6.61 Å². The largest absolute Gasteiger partial charge is 0.396 e. The SMILES string of the molecule is C[C@@H](NCc1cn(CCCO)nn1)C1CCCCCC1. The van der Waals surface area contributed by atoms with Crippen LogP contribution in [-0.4, -0.2) is 32.7 Å². The normalized spacial score (nSPS) is 18.9. The molecule has 1 aromatic heterocycles. The van der Waals surface area contributed by atoms with Crippen molar-refractivity contribution >= 4 is 0 Å². The van der Waals surface area contributed by atoms with E-state index in [-0.39, 0.29) is 6.61 Å². The molecule has 20 heavy (non-hydrogen) atoms. The first-order valence-electron chi connectivity index (χ1n) is 8.03. The van der Waals surface area contributed by atoms with Crippen molar-refractivity contribution in [1.82, 2.24) is 20.3 Å². The second kappa shape index (κ2) is 8.37. The van der Waals surface area contributed by atoms with E-state index in [9.17, 15) is 0 Å². The maximum atomic E-state index is 8.80. The van der Waals surface area contributed by atoms with Gasteiger partial charge in [0.15, 0.2) is 0 Å². The minimum Gasteiger partial charge on any atom is -0.396 e. The van der Waals surface area contributed by atoms with E-state index in [1.807, 2.05) is 10.9 Å². The van der Waals surface area contributed by atoms with Crippen LogP contribution in [0.25, 0.3) is 0 Å². The molecule has 1 fully saturated rings. The molecule has 1 heterocycles. The Labute approximate surface area is 121 Å². The molecule has 5 heteroatoms. The molecule has 0 amide bonds. The Morgan fingerprint density at radius 3 is 2.80 bits per heavy atom. The standard InChI is InChI=1S/C15H28N4O/c1-13(14-7-4-2-3-5-8-14)16-11-15-12-19(18-17-15)9-6-10-20/h12-14,16,20H,2-11H2,1H3/t13-/m1/s1. The van der Waals surface area contributed by atoms with Crippen molar-refractivity contribution in [2.45, 2.75) is 71.0 Å². The third-order valence-corrected chi connectivity index (χ3v) is 4.34. The number of aryl methyl sites for hydroxylation is 1. The smallest absolute Gasteiger partial charge is 0.0964 e. The van der Waals surface area contributed by atoms with Gasteiger partial charge in [-0.15, -0.1) is 5.10 Å². The van der Waals surface area contributed by atoms with E-state index in [1.165, 1.54) is 38.5 Å². The lowest BCUT2D eigenvalue weighted by Crippen LogP contribution is -2.33. The zero-order chi connectivity index (χ0) is 14.2. The molecule has 114 valence electrons. The van der Waals surface area contributed by atoms with E-state index in [0.29, 0.717) is 6.04 Å². The van der Waals surface area contributed by atoms with Crippen LogP contribution in [0.5, 0.6) is 0 Å². The molecule has 0 aliphatic heterocycles. The first-order valence-corrected chi connectivity index (χ1v) is 8.03. The molecule has 5 nitrogen and oxygen atoms in total. The summed E-state index contributed by atoms with van der Waals surface area (Å²) in [6, 6.07) is 0.552. The van der Waals surface area contributed by atoms with Gasteiger partial charge in [0.1, 0.15) is 0 Å². The molecule has 0 unspecified atom stereocenters. The number of rotatable bonds is 7. The number of aliphatic hydroxyl groups excluding tert-OH is 1. The fourth-order valence-electron chi connectivity index (χ4n) is 3.00. The van der Waals surface area contributed by atoms with Gasteiger partial charge >= 0.3 is 0 Å². The Morgan fingerprint density at radius 1 is 1.35 bits per heavy atom. The maximum Gasteiger partial charge on any atom is 0.0964 e. The van der Waals surface area contributed by atoms with Crippen molar-refractivity contribution in [3.63, 3.8) is 0 Å². The monoisotopic (exact) mass is 280 g/mol. The second-order valence-corrected chi connectivity index (χ2v) is 5.97. The molecule has 1 aliphatic carbocycles. The van der Waals surface area contributed by atoms with Crippen LogP contribution < -0.4 is 5.32 Å². The van der Waals surface area contributed by atoms with E-state index in [4.69, 9.17) is 5.11 Å². The summed E-state index contributed by atoms with van der Waals surface area (Å²) in [6.07, 6.45) is 11.0. The maximum absolute atomic E-state index is 8.80. The highest BCUT2D eigenvalue weighted by atomic mass is 16.3. The topological polar surface area (TPSA) is 63.0 Å². The van der Waals surface area contributed by atoms with E-state index < -0.39 is 0 Å². The van der Waals surface area contributed by atoms with Crippen LogP contribution in [-0.2, 0) is 13.1 Å². The number of nitrogens with one attached hydrogen (secondary N) is 1. The average molecular weight is 280 g/mol. The zero-order valence-corrected chi connectivity index (χ0v) is 12.6. The summed E-state index contributed by atoms with van der Waals surface area (Å²) in [6.45, 7) is 4.02. The van der Waals surface area contributed by atoms with Gasteiger partial charge in [0.2, 0.25) is 0 Å². The van der Waals surface area contributed by atoms with E-state index in [1.54, 1.807) is 0 Å². The summed E-state index contributed by atoms with van der Waals surface area (Å²) >= 11 is 0. The first-order chi connectivity index (χ1) is 9.79. The van der Waals surface area contributed by atoms with Crippen LogP contribution in [0.15, 0.2) is 6.20 Å². The summed E-state index contributed by atoms with van der Waals surface area (Å²) in [5.41, 5.74) is 0.989. The lowest BCUT2D eigenvalue weighted by molar-refractivity contribution is 0.276. The van der Waals surface area contributed by atoms with Gasteiger partial charge in [-0.05, 0) is 32.1 Å². The Balaban J connectivity index is 1.74. The van der Waals surface area contributed by atoms with Crippen LogP contribution in [0.3, 0.4) is 0 Å². The van der Waals surface area contributed by atoms with Gasteiger partial charge in [-0.1, -0.05) is 30.9 Å². The average Bonchev–Trinajstić information content (AvgIpc) is 2.73. The predicted molar refractivity (Wildman–Crippen MR) is 79.2 cm³/mol. The second-order valence-electron chi connectivity index (χ2n) is 5.97. The molecule has 0 saturated heterocycles. The summed E-state index contributed by atoms with van der Waals surface area (Å²) in [7, 11) is 0. The molecule has 0 radical (unpaired) electrons. The Hall–Kier alpha value is -0.940. The van der Waals surface area contributed by atoms with Crippen LogP contribution in [0.4, 0.5) is 0 Å². The van der Waals surface area contributed by atoms with Crippen LogP contribution in [0, 0.1) is 5.92 Å². The van der Waals surface area contributed by atoms with Gasteiger partial charge in [0.25, 0.3) is 0 Å². The fourth-order valence-corrected chi connectivity index (χ4v) is 3.00. The molecular formula is C15H28N4O. The van der Waals surface area contributed by atoms with Gasteiger partial charge < -0.3 is 10.4 Å². The molecule has 0 aromatic carbocycles. The third kappa shape index (κ3) is 4.87. The van der Waals surface area contributed by atoms with Crippen LogP contribution in [0.1, 0.15) is 57.6 Å². The molecule has 1 atom stereocenters. The van der Waals surface area contributed by atoms with E-state index >= 15 is 0 Å². The van der Waals surface area contributed by atoms with E-state index in [0.717, 1.165) is 31.1 Å². The van der Waals surface area contributed by atoms with Crippen LogP contribution in [0.2, 0.25) is 0 Å². The molecular weight excluding hydrogens is 252 g/mol. The molecule has 0 spiro atoms. The molecule has 2 N–H and O–H groups in total. The number of nitrogens with zero attached hydrogens (tertiary/aromatic N) is 3. The molecule has 1 aliphatic rings. The Bertz CT molecular complexity index is 372. The van der Waals surface area contributed by atoms with Gasteiger partial charge in [-0.2, -0.15) is 0 Å². The van der Waals surface area contributed by atoms with Gasteiger partial charge in [-0.25, -0.2) is 0 Å². The lowest BCUT2D eigenvalue weighted by atomic mass is 9.93. The fraction of sp³-hybridized carbons (Fsp3) is 0.867. The molecule has 1 aromatic rings. The number of hydrogen-bond donors (Lipinski definition) is 2. The highest BCUT2D eigenvalue weighted by Gasteiger charge is 2.18. The first kappa shape index (κ1) is 15.4. The van der Waals surface area contributed by atoms with Crippen molar-refractivity contribution in [1.29, 1.82) is 0 Å². The third-order valence-electron chi connectivity index (χ3n) is 4.34. The minimum absolute atomic E-state index is 0.201. The highest BCUT2D eigenvalue weighted by molar-refractivity contribution is 4.92. The quantitative estimate of drug-likeness (QED) is 0.751. The van der Waals surface area contributed by atoms with Crippen molar-refractivity contribution in [3.05, 3.63) is 11.9 Å². The molecule has 0 bridgehead atoms. The number of aromatic nitrogens is 3. The molecule has 1 saturated carbocycles. The Kier molecular flexibility index (Phi) is 6.47. The summed E-state index contributed by atoms with van der Waals surface area (Å²) in [4.78, 5) is 0. The lowest BCUT2D eigenvalue weighted by Gasteiger charge is -2.23. The van der Waals surface area contributed by atoms with Crippen LogP contribution >= 0.6 is 0 Å². The minimum atomic E-state index is 0.201. The van der Waals surface area contributed by atoms with E-state index in [2.05, 4.69) is 22.6 Å². The number of aliphatic hydroxyl groups is 1. The number of hydrogen-bond acceptors (Lipinski definition) is 4. The summed E-state index contributed by atoms with van der Waals surface area (Å²) < 4.78 is 1.81.